The van der Waals surface area contributed by atoms with E-state index in [1.54, 1.807) is 12.1 Å². The lowest BCUT2D eigenvalue weighted by molar-refractivity contribution is 0.0639. The highest BCUT2D eigenvalue weighted by Gasteiger charge is 2.45. The Labute approximate surface area is 129 Å². The Bertz CT molecular complexity index is 598. The lowest BCUT2D eigenvalue weighted by Gasteiger charge is -2.28. The van der Waals surface area contributed by atoms with Crippen LogP contribution in [0.3, 0.4) is 0 Å². The molecule has 0 aromatic heterocycles. The fourth-order valence-corrected chi connectivity index (χ4v) is 3.68. The highest BCUT2D eigenvalue weighted by molar-refractivity contribution is 6.32. The summed E-state index contributed by atoms with van der Waals surface area (Å²) in [4.78, 5) is 0. The quantitative estimate of drug-likeness (QED) is 0.922. The van der Waals surface area contributed by atoms with Gasteiger partial charge in [0.1, 0.15) is 0 Å². The number of benzene rings is 1. The van der Waals surface area contributed by atoms with E-state index in [0.717, 1.165) is 25.7 Å². The molecule has 0 amide bonds. The van der Waals surface area contributed by atoms with E-state index in [1.807, 2.05) is 0 Å². The summed E-state index contributed by atoms with van der Waals surface area (Å²) >= 11 is 6.17. The van der Waals surface area contributed by atoms with Gasteiger partial charge in [0.25, 0.3) is 0 Å². The van der Waals surface area contributed by atoms with E-state index in [9.17, 15) is 10.4 Å². The number of rotatable bonds is 3. The fourth-order valence-electron chi connectivity index (χ4n) is 3.40. The Kier molecular flexibility index (Phi) is 3.73. The van der Waals surface area contributed by atoms with E-state index in [-0.39, 0.29) is 6.79 Å². The first-order chi connectivity index (χ1) is 10.1. The van der Waals surface area contributed by atoms with Crippen LogP contribution in [-0.2, 0) is 0 Å². The average molecular weight is 308 g/mol. The number of nitriles is 1. The molecule has 3 rings (SSSR count). The summed E-state index contributed by atoms with van der Waals surface area (Å²) in [6.45, 7) is 2.26. The molecule has 1 heterocycles. The van der Waals surface area contributed by atoms with Gasteiger partial charge in [0, 0.05) is 0 Å². The van der Waals surface area contributed by atoms with E-state index < -0.39 is 11.5 Å². The molecule has 112 valence electrons. The predicted molar refractivity (Wildman–Crippen MR) is 78.2 cm³/mol. The highest BCUT2D eigenvalue weighted by Crippen LogP contribution is 2.52. The normalized spacial score (nSPS) is 28.4. The molecule has 1 aliphatic heterocycles. The van der Waals surface area contributed by atoms with Gasteiger partial charge in [-0.2, -0.15) is 5.26 Å². The Morgan fingerprint density at radius 3 is 3.00 bits per heavy atom. The third-order valence-corrected chi connectivity index (χ3v) is 5.02. The van der Waals surface area contributed by atoms with Gasteiger partial charge in [0.05, 0.1) is 22.6 Å². The summed E-state index contributed by atoms with van der Waals surface area (Å²) in [5.41, 5.74) is -0.0971. The van der Waals surface area contributed by atoms with E-state index in [1.165, 1.54) is 0 Å². The van der Waals surface area contributed by atoms with Crippen molar-refractivity contribution in [1.82, 2.24) is 0 Å². The largest absolute Gasteiger partial charge is 0.454 e. The second kappa shape index (κ2) is 5.40. The van der Waals surface area contributed by atoms with Crippen molar-refractivity contribution in [3.8, 4) is 17.6 Å². The molecule has 1 saturated carbocycles. The first-order valence-electron chi connectivity index (χ1n) is 7.28. The number of nitrogens with zero attached hydrogens (tertiary/aromatic N) is 1. The summed E-state index contributed by atoms with van der Waals surface area (Å²) in [6, 6.07) is 5.77. The summed E-state index contributed by atoms with van der Waals surface area (Å²) in [7, 11) is 0. The summed E-state index contributed by atoms with van der Waals surface area (Å²) in [6.07, 6.45) is 2.62. The monoisotopic (exact) mass is 307 g/mol. The molecule has 1 fully saturated rings. The molecular weight excluding hydrogens is 290 g/mol. The Balaban J connectivity index is 1.93. The van der Waals surface area contributed by atoms with Gasteiger partial charge in [0.15, 0.2) is 11.5 Å². The molecule has 21 heavy (non-hydrogen) atoms. The van der Waals surface area contributed by atoms with Crippen molar-refractivity contribution in [2.24, 2.45) is 11.3 Å². The summed E-state index contributed by atoms with van der Waals surface area (Å²) in [5.74, 6) is 1.55. The van der Waals surface area contributed by atoms with Crippen LogP contribution >= 0.6 is 11.6 Å². The van der Waals surface area contributed by atoms with Crippen LogP contribution in [0.2, 0.25) is 5.02 Å². The lowest BCUT2D eigenvalue weighted by Crippen LogP contribution is -2.24. The van der Waals surface area contributed by atoms with E-state index in [2.05, 4.69) is 13.0 Å². The first-order valence-corrected chi connectivity index (χ1v) is 7.66. The van der Waals surface area contributed by atoms with Crippen LogP contribution in [0.15, 0.2) is 12.1 Å². The van der Waals surface area contributed by atoms with Crippen LogP contribution in [0.25, 0.3) is 0 Å². The Morgan fingerprint density at radius 1 is 1.52 bits per heavy atom. The molecule has 4 nitrogen and oxygen atoms in total. The molecule has 0 bridgehead atoms. The predicted octanol–water partition coefficient (Wildman–Crippen LogP) is 3.82. The number of hydrogen-bond donors (Lipinski definition) is 1. The number of aliphatic hydroxyl groups excluding tert-OH is 1. The topological polar surface area (TPSA) is 62.5 Å². The van der Waals surface area contributed by atoms with Crippen molar-refractivity contribution >= 4 is 11.6 Å². The van der Waals surface area contributed by atoms with Crippen LogP contribution in [0.4, 0.5) is 0 Å². The van der Waals surface area contributed by atoms with Crippen molar-refractivity contribution in [3.05, 3.63) is 22.7 Å². The maximum atomic E-state index is 10.8. The maximum absolute atomic E-state index is 10.8. The van der Waals surface area contributed by atoms with Crippen molar-refractivity contribution in [2.45, 2.75) is 38.7 Å². The molecule has 0 spiro atoms. The van der Waals surface area contributed by atoms with Crippen molar-refractivity contribution in [1.29, 1.82) is 5.26 Å². The number of halogens is 1. The van der Waals surface area contributed by atoms with Gasteiger partial charge in [-0.15, -0.1) is 0 Å². The highest BCUT2D eigenvalue weighted by atomic mass is 35.5. The minimum Gasteiger partial charge on any atom is -0.454 e. The maximum Gasteiger partial charge on any atom is 0.231 e. The second-order valence-corrected chi connectivity index (χ2v) is 6.33. The van der Waals surface area contributed by atoms with Gasteiger partial charge in [-0.25, -0.2) is 0 Å². The lowest BCUT2D eigenvalue weighted by atomic mass is 9.78. The number of hydrogen-bond acceptors (Lipinski definition) is 4. The minimum absolute atomic E-state index is 0.135. The molecule has 5 heteroatoms. The molecule has 1 aliphatic carbocycles. The zero-order chi connectivity index (χ0) is 15.0. The molecule has 1 N–H and O–H groups in total. The molecule has 3 atom stereocenters. The van der Waals surface area contributed by atoms with Gasteiger partial charge >= 0.3 is 0 Å². The van der Waals surface area contributed by atoms with Gasteiger partial charge in [-0.05, 0) is 42.9 Å². The van der Waals surface area contributed by atoms with Crippen molar-refractivity contribution in [2.75, 3.05) is 6.79 Å². The fraction of sp³-hybridized carbons (Fsp3) is 0.562. The molecule has 3 unspecified atom stereocenters. The van der Waals surface area contributed by atoms with Gasteiger partial charge < -0.3 is 14.6 Å². The van der Waals surface area contributed by atoms with E-state index in [4.69, 9.17) is 21.1 Å². The minimum atomic E-state index is -0.856. The average Bonchev–Trinajstić information content (AvgIpc) is 3.13. The molecule has 0 radical (unpaired) electrons. The van der Waals surface area contributed by atoms with Crippen LogP contribution in [0, 0.1) is 22.7 Å². The number of fused-ring (bicyclic) bond motifs is 1. The van der Waals surface area contributed by atoms with Gasteiger partial charge in [0.2, 0.25) is 6.79 Å². The standard InChI is InChI=1S/C16H18ClNO3/c1-2-10-3-4-16(7-10,8-18)15(19)11-5-12(17)14-13(6-11)20-9-21-14/h5-6,10,15,19H,2-4,7,9H2,1H3. The molecule has 2 aliphatic rings. The third-order valence-electron chi connectivity index (χ3n) is 4.74. The SMILES string of the molecule is CCC1CCC(C#N)(C(O)c2cc(Cl)c3c(c2)OCO3)C1. The van der Waals surface area contributed by atoms with Gasteiger partial charge in [-0.3, -0.25) is 0 Å². The molecule has 0 saturated heterocycles. The third kappa shape index (κ3) is 2.35. The first kappa shape index (κ1) is 14.5. The summed E-state index contributed by atoms with van der Waals surface area (Å²) in [5, 5.41) is 20.8. The smallest absolute Gasteiger partial charge is 0.231 e. The second-order valence-electron chi connectivity index (χ2n) is 5.92. The van der Waals surface area contributed by atoms with E-state index in [0.29, 0.717) is 28.0 Å². The molecule has 1 aromatic carbocycles. The summed E-state index contributed by atoms with van der Waals surface area (Å²) < 4.78 is 10.6. The number of aliphatic hydroxyl groups is 1. The number of ether oxygens (including phenoxy) is 2. The molecular formula is C16H18ClNO3. The van der Waals surface area contributed by atoms with Crippen LogP contribution in [0.1, 0.15) is 44.3 Å². The molecule has 1 aromatic rings. The Morgan fingerprint density at radius 2 is 2.33 bits per heavy atom. The van der Waals surface area contributed by atoms with Crippen LogP contribution < -0.4 is 9.47 Å². The van der Waals surface area contributed by atoms with E-state index >= 15 is 0 Å². The van der Waals surface area contributed by atoms with Gasteiger partial charge in [-0.1, -0.05) is 24.9 Å². The van der Waals surface area contributed by atoms with Crippen LogP contribution in [-0.4, -0.2) is 11.9 Å². The Hall–Kier alpha value is -1.44. The van der Waals surface area contributed by atoms with Crippen LogP contribution in [0.5, 0.6) is 11.5 Å². The van der Waals surface area contributed by atoms with Crippen molar-refractivity contribution in [3.63, 3.8) is 0 Å². The zero-order valence-electron chi connectivity index (χ0n) is 11.9. The zero-order valence-corrected chi connectivity index (χ0v) is 12.7. The van der Waals surface area contributed by atoms with Crippen molar-refractivity contribution < 1.29 is 14.6 Å².